The van der Waals surface area contributed by atoms with Gasteiger partial charge in [0.1, 0.15) is 11.4 Å². The number of hydrogen-bond donors (Lipinski definition) is 3. The van der Waals surface area contributed by atoms with Gasteiger partial charge in [-0.3, -0.25) is 4.98 Å². The van der Waals surface area contributed by atoms with E-state index >= 15 is 0 Å². The van der Waals surface area contributed by atoms with Gasteiger partial charge in [-0.05, 0) is 56.2 Å². The average molecular weight is 466 g/mol. The van der Waals surface area contributed by atoms with Crippen molar-refractivity contribution in [3.63, 3.8) is 0 Å². The molecule has 0 amide bonds. The van der Waals surface area contributed by atoms with E-state index < -0.39 is 5.60 Å². The van der Waals surface area contributed by atoms with Crippen molar-refractivity contribution in [2.24, 2.45) is 5.73 Å². The highest BCUT2D eigenvalue weighted by atomic mass is 35.5. The minimum Gasteiger partial charge on any atom is -0.382 e. The molecule has 4 aromatic rings. The van der Waals surface area contributed by atoms with Crippen molar-refractivity contribution < 1.29 is 9.50 Å². The summed E-state index contributed by atoms with van der Waals surface area (Å²) >= 11 is 6.51. The normalized spacial score (nSPS) is 12.7. The van der Waals surface area contributed by atoms with E-state index in [9.17, 15) is 9.50 Å². The molecule has 0 saturated heterocycles. The second-order valence-corrected chi connectivity index (χ2v) is 8.90. The third kappa shape index (κ3) is 4.80. The highest BCUT2D eigenvalue weighted by Crippen LogP contribution is 2.35. The van der Waals surface area contributed by atoms with Crippen LogP contribution in [0.1, 0.15) is 43.8 Å². The number of pyridine rings is 1. The molecular weight excluding hydrogens is 441 g/mol. The van der Waals surface area contributed by atoms with E-state index in [-0.39, 0.29) is 11.9 Å². The Bertz CT molecular complexity index is 1300. The fourth-order valence-electron chi connectivity index (χ4n) is 3.63. The lowest BCUT2D eigenvalue weighted by Crippen LogP contribution is -2.19. The fourth-order valence-corrected chi connectivity index (χ4v) is 3.84. The summed E-state index contributed by atoms with van der Waals surface area (Å²) in [6.07, 6.45) is 4.91. The van der Waals surface area contributed by atoms with Crippen LogP contribution in [0.25, 0.3) is 22.0 Å². The van der Waals surface area contributed by atoms with E-state index in [0.29, 0.717) is 28.6 Å². The van der Waals surface area contributed by atoms with E-state index in [4.69, 9.17) is 17.3 Å². The quantitative estimate of drug-likeness (QED) is 0.355. The molecule has 4 N–H and O–H groups in total. The molecule has 0 saturated carbocycles. The van der Waals surface area contributed by atoms with Gasteiger partial charge in [-0.2, -0.15) is 0 Å². The van der Waals surface area contributed by atoms with E-state index in [1.165, 1.54) is 6.07 Å². The van der Waals surface area contributed by atoms with E-state index in [0.717, 1.165) is 27.6 Å². The van der Waals surface area contributed by atoms with Gasteiger partial charge in [0.25, 0.3) is 0 Å². The van der Waals surface area contributed by atoms with Crippen LogP contribution >= 0.6 is 11.6 Å². The lowest BCUT2D eigenvalue weighted by atomic mass is 10.0. The van der Waals surface area contributed by atoms with Crippen LogP contribution in [-0.4, -0.2) is 20.1 Å². The predicted molar refractivity (Wildman–Crippen MR) is 129 cm³/mol. The first-order valence-electron chi connectivity index (χ1n) is 10.6. The topological polar surface area (TPSA) is 97.0 Å². The van der Waals surface area contributed by atoms with E-state index in [1.54, 1.807) is 44.6 Å². The lowest BCUT2D eigenvalue weighted by Gasteiger charge is -2.20. The van der Waals surface area contributed by atoms with Crippen molar-refractivity contribution in [3.8, 4) is 11.1 Å². The number of hydrogen-bond acceptors (Lipinski definition) is 6. The second kappa shape index (κ2) is 9.02. The Balaban J connectivity index is 1.74. The van der Waals surface area contributed by atoms with Crippen molar-refractivity contribution in [2.75, 3.05) is 5.32 Å². The standard InChI is InChI=1S/C25H25ClFN5O/c1-14(18-8-15(10-28)4-6-21(18)27)32-23-19-9-16(5-7-22(19)29-13-20(23)26)17-11-30-24(31-12-17)25(2,3)33/h4-9,11-14,33H,10,28H2,1-3H3,(H,29,32). The van der Waals surface area contributed by atoms with Gasteiger partial charge >= 0.3 is 0 Å². The van der Waals surface area contributed by atoms with Gasteiger partial charge in [-0.1, -0.05) is 23.7 Å². The fraction of sp³-hybridized carbons (Fsp3) is 0.240. The first kappa shape index (κ1) is 23.0. The molecule has 0 aliphatic heterocycles. The maximum atomic E-state index is 14.5. The van der Waals surface area contributed by atoms with Crippen LogP contribution in [0.4, 0.5) is 10.1 Å². The maximum absolute atomic E-state index is 14.5. The zero-order valence-corrected chi connectivity index (χ0v) is 19.4. The van der Waals surface area contributed by atoms with Gasteiger partial charge in [-0.25, -0.2) is 14.4 Å². The first-order chi connectivity index (χ1) is 15.7. The molecule has 6 nitrogen and oxygen atoms in total. The summed E-state index contributed by atoms with van der Waals surface area (Å²) in [5.74, 6) is 0.0288. The molecule has 1 atom stereocenters. The third-order valence-corrected chi connectivity index (χ3v) is 5.76. The van der Waals surface area contributed by atoms with Gasteiger partial charge < -0.3 is 16.2 Å². The molecule has 8 heteroatoms. The second-order valence-electron chi connectivity index (χ2n) is 8.49. The van der Waals surface area contributed by atoms with Crippen molar-refractivity contribution in [1.82, 2.24) is 15.0 Å². The Morgan fingerprint density at radius 2 is 1.79 bits per heavy atom. The molecule has 2 heterocycles. The molecule has 0 aliphatic rings. The minimum atomic E-state index is -1.12. The largest absolute Gasteiger partial charge is 0.382 e. The number of rotatable bonds is 6. The molecule has 1 unspecified atom stereocenters. The maximum Gasteiger partial charge on any atom is 0.159 e. The minimum absolute atomic E-state index is 0.314. The zero-order valence-electron chi connectivity index (χ0n) is 18.6. The van der Waals surface area contributed by atoms with Crippen LogP contribution in [0.3, 0.4) is 0 Å². The number of nitrogens with zero attached hydrogens (tertiary/aromatic N) is 3. The number of aromatic nitrogens is 3. The highest BCUT2D eigenvalue weighted by molar-refractivity contribution is 6.34. The summed E-state index contributed by atoms with van der Waals surface area (Å²) in [6, 6.07) is 10.3. The lowest BCUT2D eigenvalue weighted by molar-refractivity contribution is 0.0687. The first-order valence-corrected chi connectivity index (χ1v) is 10.9. The Labute approximate surface area is 196 Å². The molecule has 4 rings (SSSR count). The summed E-state index contributed by atoms with van der Waals surface area (Å²) in [7, 11) is 0. The van der Waals surface area contributed by atoms with Crippen LogP contribution in [0.2, 0.25) is 5.02 Å². The Kier molecular flexibility index (Phi) is 6.30. The van der Waals surface area contributed by atoms with Crippen LogP contribution in [0.5, 0.6) is 0 Å². The number of benzene rings is 2. The predicted octanol–water partition coefficient (Wildman–Crippen LogP) is 5.34. The van der Waals surface area contributed by atoms with Gasteiger partial charge in [0, 0.05) is 41.6 Å². The molecule has 0 spiro atoms. The summed E-state index contributed by atoms with van der Waals surface area (Å²) in [4.78, 5) is 13.0. The molecule has 2 aromatic heterocycles. The number of aliphatic hydroxyl groups is 1. The molecule has 0 fully saturated rings. The van der Waals surface area contributed by atoms with Crippen LogP contribution in [0.15, 0.2) is 55.0 Å². The van der Waals surface area contributed by atoms with Crippen molar-refractivity contribution in [3.05, 3.63) is 82.8 Å². The average Bonchev–Trinajstić information content (AvgIpc) is 2.80. The number of nitrogens with one attached hydrogen (secondary N) is 1. The van der Waals surface area contributed by atoms with Crippen LogP contribution < -0.4 is 11.1 Å². The van der Waals surface area contributed by atoms with Crippen molar-refractivity contribution >= 4 is 28.2 Å². The van der Waals surface area contributed by atoms with Gasteiger partial charge in [0.15, 0.2) is 5.82 Å². The molecule has 0 aliphatic carbocycles. The van der Waals surface area contributed by atoms with Crippen LogP contribution in [0, 0.1) is 5.82 Å². The number of fused-ring (bicyclic) bond motifs is 1. The number of nitrogens with two attached hydrogens (primary N) is 1. The zero-order chi connectivity index (χ0) is 23.8. The monoisotopic (exact) mass is 465 g/mol. The Morgan fingerprint density at radius 1 is 1.06 bits per heavy atom. The SMILES string of the molecule is CC(Nc1c(Cl)cnc2ccc(-c3cnc(C(C)(C)O)nc3)cc12)c1cc(CN)ccc1F. The third-order valence-electron chi connectivity index (χ3n) is 5.48. The molecule has 0 bridgehead atoms. The van der Waals surface area contributed by atoms with E-state index in [2.05, 4.69) is 20.3 Å². The van der Waals surface area contributed by atoms with Gasteiger partial charge in [0.05, 0.1) is 22.3 Å². The van der Waals surface area contributed by atoms with Crippen molar-refractivity contribution in [1.29, 1.82) is 0 Å². The summed E-state index contributed by atoms with van der Waals surface area (Å²) in [5, 5.41) is 14.7. The molecule has 2 aromatic carbocycles. The Hall–Kier alpha value is -3.13. The van der Waals surface area contributed by atoms with Crippen LogP contribution in [-0.2, 0) is 12.1 Å². The Morgan fingerprint density at radius 3 is 2.45 bits per heavy atom. The highest BCUT2D eigenvalue weighted by Gasteiger charge is 2.20. The molecule has 0 radical (unpaired) electrons. The molecular formula is C25H25ClFN5O. The number of halogens is 2. The number of anilines is 1. The molecule has 33 heavy (non-hydrogen) atoms. The molecule has 170 valence electrons. The van der Waals surface area contributed by atoms with Crippen molar-refractivity contribution in [2.45, 2.75) is 39.0 Å². The summed E-state index contributed by atoms with van der Waals surface area (Å²) in [5.41, 5.74) is 9.00. The van der Waals surface area contributed by atoms with E-state index in [1.807, 2.05) is 25.1 Å². The van der Waals surface area contributed by atoms with Gasteiger partial charge in [0.2, 0.25) is 0 Å². The summed E-state index contributed by atoms with van der Waals surface area (Å²) < 4.78 is 14.5. The van der Waals surface area contributed by atoms with Gasteiger partial charge in [-0.15, -0.1) is 0 Å². The summed E-state index contributed by atoms with van der Waals surface area (Å²) in [6.45, 7) is 5.47. The smallest absolute Gasteiger partial charge is 0.159 e.